The van der Waals surface area contributed by atoms with Gasteiger partial charge in [0.1, 0.15) is 0 Å². The summed E-state index contributed by atoms with van der Waals surface area (Å²) in [5.74, 6) is 0.828. The fraction of sp³-hybridized carbons (Fsp3) is 0.938. The molecule has 0 amide bonds. The van der Waals surface area contributed by atoms with Crippen molar-refractivity contribution < 1.29 is 5.11 Å². The molecule has 1 unspecified atom stereocenters. The first-order valence-corrected chi connectivity index (χ1v) is 8.01. The first-order chi connectivity index (χ1) is 9.24. The van der Waals surface area contributed by atoms with E-state index in [-0.39, 0.29) is 0 Å². The van der Waals surface area contributed by atoms with Gasteiger partial charge in [-0.2, -0.15) is 0 Å². The maximum atomic E-state index is 10.1. The second kappa shape index (κ2) is 7.30. The van der Waals surface area contributed by atoms with Crippen LogP contribution in [0.25, 0.3) is 0 Å². The topological polar surface area (TPSA) is 56.7 Å². The molecule has 1 atom stereocenters. The van der Waals surface area contributed by atoms with Crippen LogP contribution >= 0.6 is 0 Å². The molecular weight excluding hydrogens is 250 g/mol. The smallest absolute Gasteiger partial charge is 0.191 e. The highest BCUT2D eigenvalue weighted by atomic mass is 16.3. The molecular formula is C16H33N3O. The van der Waals surface area contributed by atoms with Gasteiger partial charge in [-0.1, -0.05) is 20.8 Å². The van der Waals surface area contributed by atoms with Crippen LogP contribution in [0.3, 0.4) is 0 Å². The third kappa shape index (κ3) is 6.60. The molecule has 1 aliphatic rings. The lowest BCUT2D eigenvalue weighted by atomic mass is 9.80. The Kier molecular flexibility index (Phi) is 6.31. The summed E-state index contributed by atoms with van der Waals surface area (Å²) in [6.07, 6.45) is 5.20. The summed E-state index contributed by atoms with van der Waals surface area (Å²) in [7, 11) is 0. The number of aliphatic imine (C=N–C) groups is 1. The van der Waals surface area contributed by atoms with E-state index >= 15 is 0 Å². The highest BCUT2D eigenvalue weighted by molar-refractivity contribution is 5.80. The van der Waals surface area contributed by atoms with E-state index < -0.39 is 5.60 Å². The van der Waals surface area contributed by atoms with Crippen molar-refractivity contribution in [3.63, 3.8) is 0 Å². The van der Waals surface area contributed by atoms with E-state index in [1.54, 1.807) is 0 Å². The van der Waals surface area contributed by atoms with E-state index in [9.17, 15) is 5.11 Å². The van der Waals surface area contributed by atoms with Gasteiger partial charge in [-0.3, -0.25) is 4.99 Å². The maximum Gasteiger partial charge on any atom is 0.191 e. The molecule has 1 aliphatic carbocycles. The Morgan fingerprint density at radius 2 is 2.00 bits per heavy atom. The van der Waals surface area contributed by atoms with Crippen LogP contribution in [0.2, 0.25) is 0 Å². The molecule has 0 spiro atoms. The molecule has 118 valence electrons. The Labute approximate surface area is 124 Å². The molecule has 3 N–H and O–H groups in total. The molecule has 4 heteroatoms. The standard InChI is InChI=1S/C16H33N3O/c1-6-17-14(18-12-16(20)9-7-10-16)19-13(2)8-11-15(3,4)5/h13,20H,6-12H2,1-5H3,(H2,17,18,19). The van der Waals surface area contributed by atoms with Crippen LogP contribution in [-0.4, -0.2) is 35.8 Å². The monoisotopic (exact) mass is 283 g/mol. The van der Waals surface area contributed by atoms with Crippen LogP contribution in [0.5, 0.6) is 0 Å². The van der Waals surface area contributed by atoms with Gasteiger partial charge in [-0.25, -0.2) is 0 Å². The second-order valence-corrected chi connectivity index (χ2v) is 7.42. The molecule has 0 bridgehead atoms. The van der Waals surface area contributed by atoms with Gasteiger partial charge in [0.15, 0.2) is 5.96 Å². The zero-order chi connectivity index (χ0) is 15.2. The van der Waals surface area contributed by atoms with Crippen LogP contribution < -0.4 is 10.6 Å². The van der Waals surface area contributed by atoms with Crippen LogP contribution in [0.4, 0.5) is 0 Å². The summed E-state index contributed by atoms with van der Waals surface area (Å²) in [4.78, 5) is 4.54. The molecule has 0 aromatic carbocycles. The van der Waals surface area contributed by atoms with E-state index in [0.29, 0.717) is 18.0 Å². The van der Waals surface area contributed by atoms with Crippen molar-refractivity contribution in [1.82, 2.24) is 10.6 Å². The number of hydrogen-bond acceptors (Lipinski definition) is 2. The molecule has 0 radical (unpaired) electrons. The highest BCUT2D eigenvalue weighted by Crippen LogP contribution is 2.31. The Balaban J connectivity index is 2.42. The van der Waals surface area contributed by atoms with Gasteiger partial charge in [0.05, 0.1) is 12.1 Å². The predicted molar refractivity (Wildman–Crippen MR) is 86.1 cm³/mol. The molecule has 20 heavy (non-hydrogen) atoms. The largest absolute Gasteiger partial charge is 0.388 e. The maximum absolute atomic E-state index is 10.1. The third-order valence-electron chi connectivity index (χ3n) is 3.87. The van der Waals surface area contributed by atoms with Crippen molar-refractivity contribution >= 4 is 5.96 Å². The van der Waals surface area contributed by atoms with Crippen LogP contribution in [0, 0.1) is 5.41 Å². The lowest BCUT2D eigenvalue weighted by Crippen LogP contribution is -2.45. The predicted octanol–water partition coefficient (Wildman–Crippen LogP) is 2.67. The number of hydrogen-bond donors (Lipinski definition) is 3. The molecule has 0 aromatic rings. The molecule has 1 fully saturated rings. The summed E-state index contributed by atoms with van der Waals surface area (Å²) in [5.41, 5.74) is -0.177. The van der Waals surface area contributed by atoms with E-state index in [4.69, 9.17) is 0 Å². The Hall–Kier alpha value is -0.770. The quantitative estimate of drug-likeness (QED) is 0.519. The SMILES string of the molecule is CCNC(=NCC1(O)CCC1)NC(C)CCC(C)(C)C. The Morgan fingerprint density at radius 1 is 1.35 bits per heavy atom. The molecule has 1 saturated carbocycles. The first kappa shape index (κ1) is 17.3. The van der Waals surface area contributed by atoms with Gasteiger partial charge in [0.2, 0.25) is 0 Å². The summed E-state index contributed by atoms with van der Waals surface area (Å²) >= 11 is 0. The minimum Gasteiger partial charge on any atom is -0.388 e. The fourth-order valence-corrected chi connectivity index (χ4v) is 2.24. The summed E-state index contributed by atoms with van der Waals surface area (Å²) < 4.78 is 0. The van der Waals surface area contributed by atoms with Crippen molar-refractivity contribution in [2.24, 2.45) is 10.4 Å². The zero-order valence-corrected chi connectivity index (χ0v) is 13.9. The summed E-state index contributed by atoms with van der Waals surface area (Å²) in [5, 5.41) is 16.8. The lowest BCUT2D eigenvalue weighted by Gasteiger charge is -2.35. The van der Waals surface area contributed by atoms with Gasteiger partial charge in [-0.05, 0) is 51.4 Å². The third-order valence-corrected chi connectivity index (χ3v) is 3.87. The van der Waals surface area contributed by atoms with Gasteiger partial charge < -0.3 is 15.7 Å². The van der Waals surface area contributed by atoms with E-state index in [1.807, 2.05) is 0 Å². The minimum absolute atomic E-state index is 0.368. The van der Waals surface area contributed by atoms with Crippen LogP contribution in [0.15, 0.2) is 4.99 Å². The summed E-state index contributed by atoms with van der Waals surface area (Å²) in [6.45, 7) is 12.4. The average molecular weight is 283 g/mol. The van der Waals surface area contributed by atoms with Gasteiger partial charge >= 0.3 is 0 Å². The number of nitrogens with zero attached hydrogens (tertiary/aromatic N) is 1. The summed E-state index contributed by atoms with van der Waals surface area (Å²) in [6, 6.07) is 0.392. The highest BCUT2D eigenvalue weighted by Gasteiger charge is 2.34. The number of rotatable bonds is 6. The molecule has 0 aromatic heterocycles. The fourth-order valence-electron chi connectivity index (χ4n) is 2.24. The van der Waals surface area contributed by atoms with E-state index in [1.165, 1.54) is 6.42 Å². The van der Waals surface area contributed by atoms with Crippen molar-refractivity contribution in [3.05, 3.63) is 0 Å². The van der Waals surface area contributed by atoms with Crippen LogP contribution in [0.1, 0.15) is 66.7 Å². The minimum atomic E-state index is -0.545. The second-order valence-electron chi connectivity index (χ2n) is 7.42. The molecule has 0 heterocycles. The average Bonchev–Trinajstić information content (AvgIpc) is 2.30. The number of nitrogens with one attached hydrogen (secondary N) is 2. The van der Waals surface area contributed by atoms with Crippen molar-refractivity contribution in [3.8, 4) is 0 Å². The van der Waals surface area contributed by atoms with Crippen molar-refractivity contribution in [2.45, 2.75) is 78.4 Å². The van der Waals surface area contributed by atoms with Gasteiger partial charge in [0, 0.05) is 12.6 Å². The number of guanidine groups is 1. The molecule has 4 nitrogen and oxygen atoms in total. The Morgan fingerprint density at radius 3 is 2.45 bits per heavy atom. The normalized spacial score (nSPS) is 20.2. The Bertz CT molecular complexity index is 316. The van der Waals surface area contributed by atoms with E-state index in [2.05, 4.69) is 50.2 Å². The van der Waals surface area contributed by atoms with Gasteiger partial charge in [-0.15, -0.1) is 0 Å². The molecule has 0 aliphatic heterocycles. The first-order valence-electron chi connectivity index (χ1n) is 8.01. The van der Waals surface area contributed by atoms with E-state index in [0.717, 1.165) is 38.2 Å². The lowest BCUT2D eigenvalue weighted by molar-refractivity contribution is -0.0236. The van der Waals surface area contributed by atoms with Crippen molar-refractivity contribution in [1.29, 1.82) is 0 Å². The van der Waals surface area contributed by atoms with Crippen molar-refractivity contribution in [2.75, 3.05) is 13.1 Å². The zero-order valence-electron chi connectivity index (χ0n) is 13.9. The van der Waals surface area contributed by atoms with Gasteiger partial charge in [0.25, 0.3) is 0 Å². The molecule has 1 rings (SSSR count). The van der Waals surface area contributed by atoms with Crippen LogP contribution in [-0.2, 0) is 0 Å². The molecule has 0 saturated heterocycles. The number of aliphatic hydroxyl groups is 1.